The zero-order valence-corrected chi connectivity index (χ0v) is 17.0. The zero-order valence-electron chi connectivity index (χ0n) is 15.4. The van der Waals surface area contributed by atoms with E-state index in [-0.39, 0.29) is 5.91 Å². The molecule has 0 unspecified atom stereocenters. The Hall–Kier alpha value is -2.12. The predicted molar refractivity (Wildman–Crippen MR) is 109 cm³/mol. The number of hydrogen-bond donors (Lipinski definition) is 1. The van der Waals surface area contributed by atoms with Crippen molar-refractivity contribution >= 4 is 34.7 Å². The SMILES string of the molecule is CCn1c(SCC(=O)Nc2cc(C)ccc2C)nnc1-c1csc(C)c1. The first-order valence-electron chi connectivity index (χ1n) is 8.46. The van der Waals surface area contributed by atoms with Gasteiger partial charge in [-0.05, 0) is 51.0 Å². The van der Waals surface area contributed by atoms with Gasteiger partial charge in [0, 0.05) is 28.1 Å². The van der Waals surface area contributed by atoms with Crippen molar-refractivity contribution in [1.29, 1.82) is 0 Å². The normalized spacial score (nSPS) is 10.9. The molecule has 1 amide bonds. The first-order chi connectivity index (χ1) is 12.5. The lowest BCUT2D eigenvalue weighted by molar-refractivity contribution is -0.113. The van der Waals surface area contributed by atoms with E-state index >= 15 is 0 Å². The van der Waals surface area contributed by atoms with Crippen molar-refractivity contribution in [2.45, 2.75) is 39.4 Å². The van der Waals surface area contributed by atoms with Crippen LogP contribution in [0.5, 0.6) is 0 Å². The molecule has 0 saturated carbocycles. The molecule has 0 radical (unpaired) electrons. The van der Waals surface area contributed by atoms with Crippen LogP contribution in [0.4, 0.5) is 5.69 Å². The molecule has 0 atom stereocenters. The lowest BCUT2D eigenvalue weighted by atomic mass is 10.1. The van der Waals surface area contributed by atoms with Crippen LogP contribution >= 0.6 is 23.1 Å². The number of carbonyl (C=O) groups is 1. The maximum Gasteiger partial charge on any atom is 0.234 e. The number of aryl methyl sites for hydroxylation is 3. The summed E-state index contributed by atoms with van der Waals surface area (Å²) in [5.74, 6) is 1.12. The Morgan fingerprint density at radius 2 is 2.04 bits per heavy atom. The highest BCUT2D eigenvalue weighted by Crippen LogP contribution is 2.27. The van der Waals surface area contributed by atoms with Gasteiger partial charge in [-0.3, -0.25) is 4.79 Å². The predicted octanol–water partition coefficient (Wildman–Crippen LogP) is 4.68. The summed E-state index contributed by atoms with van der Waals surface area (Å²) in [7, 11) is 0. The minimum absolute atomic E-state index is 0.0396. The molecule has 136 valence electrons. The summed E-state index contributed by atoms with van der Waals surface area (Å²) in [6.07, 6.45) is 0. The highest BCUT2D eigenvalue weighted by molar-refractivity contribution is 7.99. The van der Waals surface area contributed by atoms with E-state index in [1.165, 1.54) is 16.6 Å². The maximum absolute atomic E-state index is 12.3. The highest BCUT2D eigenvalue weighted by atomic mass is 32.2. The smallest absolute Gasteiger partial charge is 0.234 e. The van der Waals surface area contributed by atoms with Crippen LogP contribution in [0.25, 0.3) is 11.4 Å². The molecule has 2 aromatic heterocycles. The molecule has 1 N–H and O–H groups in total. The number of nitrogens with one attached hydrogen (secondary N) is 1. The van der Waals surface area contributed by atoms with E-state index in [0.717, 1.165) is 39.9 Å². The van der Waals surface area contributed by atoms with Crippen molar-refractivity contribution in [1.82, 2.24) is 14.8 Å². The van der Waals surface area contributed by atoms with Gasteiger partial charge < -0.3 is 9.88 Å². The molecule has 26 heavy (non-hydrogen) atoms. The number of aromatic nitrogens is 3. The van der Waals surface area contributed by atoms with Gasteiger partial charge in [-0.15, -0.1) is 21.5 Å². The topological polar surface area (TPSA) is 59.8 Å². The van der Waals surface area contributed by atoms with Crippen LogP contribution in [0.3, 0.4) is 0 Å². The molecule has 3 rings (SSSR count). The third kappa shape index (κ3) is 4.16. The van der Waals surface area contributed by atoms with Crippen molar-refractivity contribution in [3.05, 3.63) is 45.6 Å². The molecule has 0 aliphatic carbocycles. The summed E-state index contributed by atoms with van der Waals surface area (Å²) < 4.78 is 2.05. The fourth-order valence-electron chi connectivity index (χ4n) is 2.64. The van der Waals surface area contributed by atoms with Crippen LogP contribution in [0.2, 0.25) is 0 Å². The van der Waals surface area contributed by atoms with Gasteiger partial charge in [0.2, 0.25) is 5.91 Å². The average molecular weight is 387 g/mol. The molecular weight excluding hydrogens is 364 g/mol. The standard InChI is InChI=1S/C19H22N4OS2/c1-5-23-18(15-9-14(4)25-10-15)21-22-19(23)26-11-17(24)20-16-8-12(2)6-7-13(16)3/h6-10H,5,11H2,1-4H3,(H,20,24). The molecule has 0 bridgehead atoms. The zero-order chi connectivity index (χ0) is 18.7. The third-order valence-corrected chi connectivity index (χ3v) is 5.85. The van der Waals surface area contributed by atoms with E-state index in [1.807, 2.05) is 32.0 Å². The van der Waals surface area contributed by atoms with E-state index < -0.39 is 0 Å². The number of nitrogens with zero attached hydrogens (tertiary/aromatic N) is 3. The molecule has 0 aliphatic heterocycles. The number of anilines is 1. The number of hydrogen-bond acceptors (Lipinski definition) is 5. The molecule has 5 nitrogen and oxygen atoms in total. The van der Waals surface area contributed by atoms with Gasteiger partial charge in [0.05, 0.1) is 5.75 Å². The number of amides is 1. The third-order valence-electron chi connectivity index (χ3n) is 4.02. The van der Waals surface area contributed by atoms with Crippen molar-refractivity contribution in [3.8, 4) is 11.4 Å². The van der Waals surface area contributed by atoms with E-state index in [0.29, 0.717) is 5.75 Å². The van der Waals surface area contributed by atoms with Crippen LogP contribution in [0.1, 0.15) is 22.9 Å². The first-order valence-corrected chi connectivity index (χ1v) is 10.3. The van der Waals surface area contributed by atoms with Crippen molar-refractivity contribution in [2.24, 2.45) is 0 Å². The molecule has 0 saturated heterocycles. The van der Waals surface area contributed by atoms with Crippen LogP contribution < -0.4 is 5.32 Å². The lowest BCUT2D eigenvalue weighted by Gasteiger charge is -2.09. The molecule has 0 spiro atoms. The summed E-state index contributed by atoms with van der Waals surface area (Å²) >= 11 is 3.11. The number of benzene rings is 1. The number of thioether (sulfide) groups is 1. The summed E-state index contributed by atoms with van der Waals surface area (Å²) in [5.41, 5.74) is 4.12. The van der Waals surface area contributed by atoms with E-state index in [2.05, 4.69) is 45.4 Å². The van der Waals surface area contributed by atoms with Crippen LogP contribution in [0.15, 0.2) is 34.8 Å². The van der Waals surface area contributed by atoms with Crippen LogP contribution in [-0.2, 0) is 11.3 Å². The van der Waals surface area contributed by atoms with Crippen LogP contribution in [0, 0.1) is 20.8 Å². The van der Waals surface area contributed by atoms with Gasteiger partial charge in [-0.25, -0.2) is 0 Å². The van der Waals surface area contributed by atoms with Crippen LogP contribution in [-0.4, -0.2) is 26.4 Å². The first kappa shape index (κ1) is 18.7. The Morgan fingerprint density at radius 1 is 1.23 bits per heavy atom. The Kier molecular flexibility index (Phi) is 5.78. The van der Waals surface area contributed by atoms with Crippen molar-refractivity contribution < 1.29 is 4.79 Å². The Balaban J connectivity index is 1.69. The number of carbonyl (C=O) groups excluding carboxylic acids is 1. The Bertz CT molecular complexity index is 930. The fraction of sp³-hybridized carbons (Fsp3) is 0.316. The minimum Gasteiger partial charge on any atom is -0.325 e. The Labute approximate surface area is 161 Å². The fourth-order valence-corrected chi connectivity index (χ4v) is 4.13. The second-order valence-electron chi connectivity index (χ2n) is 6.15. The molecule has 0 aliphatic rings. The summed E-state index contributed by atoms with van der Waals surface area (Å²) in [5, 5.41) is 14.5. The molecule has 0 fully saturated rings. The molecule has 1 aromatic carbocycles. The van der Waals surface area contributed by atoms with E-state index in [9.17, 15) is 4.79 Å². The van der Waals surface area contributed by atoms with Gasteiger partial charge in [-0.2, -0.15) is 0 Å². The summed E-state index contributed by atoms with van der Waals surface area (Å²) in [4.78, 5) is 13.6. The summed E-state index contributed by atoms with van der Waals surface area (Å²) in [6, 6.07) is 8.16. The number of rotatable bonds is 6. The van der Waals surface area contributed by atoms with E-state index in [4.69, 9.17) is 0 Å². The quantitative estimate of drug-likeness (QED) is 0.625. The van der Waals surface area contributed by atoms with Crippen molar-refractivity contribution in [3.63, 3.8) is 0 Å². The maximum atomic E-state index is 12.3. The Morgan fingerprint density at radius 3 is 2.73 bits per heavy atom. The monoisotopic (exact) mass is 386 g/mol. The number of thiophene rings is 1. The van der Waals surface area contributed by atoms with Gasteiger partial charge in [-0.1, -0.05) is 23.9 Å². The van der Waals surface area contributed by atoms with Crippen molar-refractivity contribution in [2.75, 3.05) is 11.1 Å². The average Bonchev–Trinajstić information content (AvgIpc) is 3.21. The highest BCUT2D eigenvalue weighted by Gasteiger charge is 2.15. The van der Waals surface area contributed by atoms with Gasteiger partial charge in [0.25, 0.3) is 0 Å². The molecule has 3 aromatic rings. The van der Waals surface area contributed by atoms with Gasteiger partial charge >= 0.3 is 0 Å². The van der Waals surface area contributed by atoms with Gasteiger partial charge in [0.15, 0.2) is 11.0 Å². The largest absolute Gasteiger partial charge is 0.325 e. The minimum atomic E-state index is -0.0396. The summed E-state index contributed by atoms with van der Waals surface area (Å²) in [6.45, 7) is 8.91. The molecule has 2 heterocycles. The van der Waals surface area contributed by atoms with E-state index in [1.54, 1.807) is 11.3 Å². The van der Waals surface area contributed by atoms with Gasteiger partial charge in [0.1, 0.15) is 0 Å². The second-order valence-corrected chi connectivity index (χ2v) is 8.21. The second kappa shape index (κ2) is 8.05. The molecule has 7 heteroatoms. The lowest BCUT2D eigenvalue weighted by Crippen LogP contribution is -2.15. The molecular formula is C19H22N4OS2.